The van der Waals surface area contributed by atoms with E-state index < -0.39 is 27.3 Å². The first-order valence-corrected chi connectivity index (χ1v) is 11.7. The van der Waals surface area contributed by atoms with Crippen LogP contribution in [-0.2, 0) is 26.7 Å². The molecule has 1 fully saturated rings. The standard InChI is InChI=1S/C21H18N4O7S/c1-31-12-4-3-11-9-25(18(26)13(11)7-12)10-21(19(27)23-20(28)24-21)16-8-14-15(32-16)5-6-17(22-14)33(2,29)30/h3-8H,9-10H2,1-2H3,(H2,23,24,27,28)/t21-/m0/s1. The smallest absolute Gasteiger partial charge is 0.322 e. The summed E-state index contributed by atoms with van der Waals surface area (Å²) in [5.41, 5.74) is -0.0956. The van der Waals surface area contributed by atoms with Crippen molar-refractivity contribution in [3.8, 4) is 5.75 Å². The minimum absolute atomic E-state index is 0.0281. The number of fused-ring (bicyclic) bond motifs is 2. The predicted octanol–water partition coefficient (Wildman–Crippen LogP) is 0.931. The third-order valence-corrected chi connectivity index (χ3v) is 6.70. The molecule has 12 heteroatoms. The predicted molar refractivity (Wildman–Crippen MR) is 113 cm³/mol. The Bertz CT molecular complexity index is 1460. The summed E-state index contributed by atoms with van der Waals surface area (Å²) in [6.07, 6.45) is 1.03. The first-order valence-electron chi connectivity index (χ1n) is 9.82. The molecule has 3 aromatic rings. The van der Waals surface area contributed by atoms with E-state index in [1.54, 1.807) is 18.2 Å². The maximum Gasteiger partial charge on any atom is 0.322 e. The number of nitrogens with zero attached hydrogens (tertiary/aromatic N) is 2. The van der Waals surface area contributed by atoms with Gasteiger partial charge in [0.25, 0.3) is 11.8 Å². The van der Waals surface area contributed by atoms with Gasteiger partial charge >= 0.3 is 6.03 Å². The van der Waals surface area contributed by atoms with E-state index in [0.29, 0.717) is 11.3 Å². The second-order valence-corrected chi connectivity index (χ2v) is 9.88. The molecule has 4 heterocycles. The van der Waals surface area contributed by atoms with Crippen LogP contribution in [0.1, 0.15) is 21.7 Å². The highest BCUT2D eigenvalue weighted by Crippen LogP contribution is 2.34. The van der Waals surface area contributed by atoms with E-state index in [0.717, 1.165) is 11.8 Å². The van der Waals surface area contributed by atoms with Gasteiger partial charge in [0.15, 0.2) is 26.0 Å². The number of urea groups is 1. The molecule has 11 nitrogen and oxygen atoms in total. The van der Waals surface area contributed by atoms with E-state index in [1.165, 1.54) is 30.2 Å². The van der Waals surface area contributed by atoms with Crippen LogP contribution < -0.4 is 15.4 Å². The van der Waals surface area contributed by atoms with Gasteiger partial charge in [-0.05, 0) is 29.8 Å². The van der Waals surface area contributed by atoms with Crippen molar-refractivity contribution in [1.82, 2.24) is 20.5 Å². The van der Waals surface area contributed by atoms with Gasteiger partial charge in [0, 0.05) is 24.4 Å². The Kier molecular flexibility index (Phi) is 4.47. The fourth-order valence-electron chi connectivity index (χ4n) is 4.06. The van der Waals surface area contributed by atoms with Gasteiger partial charge in [-0.3, -0.25) is 14.9 Å². The summed E-state index contributed by atoms with van der Waals surface area (Å²) in [6.45, 7) is 0.0128. The molecule has 170 valence electrons. The SMILES string of the molecule is COc1ccc2c(c1)C(=O)N(C[C@@]1(c3cc4nc(S(C)(=O)=O)ccc4o3)NC(=O)NC1=O)C2. The van der Waals surface area contributed by atoms with E-state index >= 15 is 0 Å². The molecule has 0 unspecified atom stereocenters. The Morgan fingerprint density at radius 2 is 1.97 bits per heavy atom. The highest BCUT2D eigenvalue weighted by atomic mass is 32.2. The van der Waals surface area contributed by atoms with Crippen molar-refractivity contribution >= 4 is 38.8 Å². The molecular weight excluding hydrogens is 452 g/mol. The number of amides is 4. The Morgan fingerprint density at radius 3 is 2.64 bits per heavy atom. The molecule has 0 spiro atoms. The summed E-state index contributed by atoms with van der Waals surface area (Å²) >= 11 is 0. The van der Waals surface area contributed by atoms with Gasteiger partial charge in [0.05, 0.1) is 13.7 Å². The largest absolute Gasteiger partial charge is 0.497 e. The number of carbonyl (C=O) groups is 3. The van der Waals surface area contributed by atoms with Crippen molar-refractivity contribution in [2.24, 2.45) is 0 Å². The van der Waals surface area contributed by atoms with Crippen LogP contribution in [-0.4, -0.2) is 56.1 Å². The Labute approximate surface area is 187 Å². The van der Waals surface area contributed by atoms with Crippen molar-refractivity contribution in [2.75, 3.05) is 19.9 Å². The van der Waals surface area contributed by atoms with Gasteiger partial charge in [-0.1, -0.05) is 6.07 Å². The quantitative estimate of drug-likeness (QED) is 0.523. The van der Waals surface area contributed by atoms with Gasteiger partial charge in [-0.15, -0.1) is 0 Å². The second kappa shape index (κ2) is 7.04. The number of carbonyl (C=O) groups excluding carboxylic acids is 3. The van der Waals surface area contributed by atoms with Crippen molar-refractivity contribution in [3.63, 3.8) is 0 Å². The van der Waals surface area contributed by atoms with Gasteiger partial charge in [0.2, 0.25) is 0 Å². The number of ether oxygens (including phenoxy) is 1. The fraction of sp³-hybridized carbons (Fsp3) is 0.238. The van der Waals surface area contributed by atoms with Gasteiger partial charge in [0.1, 0.15) is 17.0 Å². The van der Waals surface area contributed by atoms with Crippen LogP contribution >= 0.6 is 0 Å². The first-order chi connectivity index (χ1) is 15.6. The Morgan fingerprint density at radius 1 is 1.18 bits per heavy atom. The third kappa shape index (κ3) is 3.30. The van der Waals surface area contributed by atoms with Crippen molar-refractivity contribution in [1.29, 1.82) is 0 Å². The zero-order chi connectivity index (χ0) is 23.5. The van der Waals surface area contributed by atoms with E-state index in [9.17, 15) is 22.8 Å². The van der Waals surface area contributed by atoms with Crippen LogP contribution in [0.3, 0.4) is 0 Å². The van der Waals surface area contributed by atoms with Gasteiger partial charge in [-0.25, -0.2) is 18.2 Å². The monoisotopic (exact) mass is 470 g/mol. The van der Waals surface area contributed by atoms with Crippen molar-refractivity contribution in [2.45, 2.75) is 17.1 Å². The number of imide groups is 1. The molecule has 2 N–H and O–H groups in total. The van der Waals surface area contributed by atoms with Crippen LogP contribution in [0, 0.1) is 0 Å². The Balaban J connectivity index is 1.56. The molecule has 2 aliphatic rings. The van der Waals surface area contributed by atoms with Crippen LogP contribution in [0.4, 0.5) is 4.79 Å². The summed E-state index contributed by atoms with van der Waals surface area (Å²) in [5.74, 6) is -0.474. The lowest BCUT2D eigenvalue weighted by Gasteiger charge is -2.28. The van der Waals surface area contributed by atoms with E-state index in [1.807, 2.05) is 0 Å². The fourth-order valence-corrected chi connectivity index (χ4v) is 4.64. The molecule has 0 radical (unpaired) electrons. The minimum Gasteiger partial charge on any atom is -0.497 e. The molecule has 33 heavy (non-hydrogen) atoms. The van der Waals surface area contributed by atoms with Crippen LogP contribution in [0.25, 0.3) is 11.1 Å². The summed E-state index contributed by atoms with van der Waals surface area (Å²) in [5, 5.41) is 4.61. The first kappa shape index (κ1) is 20.9. The van der Waals surface area contributed by atoms with Crippen LogP contribution in [0.5, 0.6) is 5.75 Å². The van der Waals surface area contributed by atoms with Gasteiger partial charge in [-0.2, -0.15) is 0 Å². The zero-order valence-corrected chi connectivity index (χ0v) is 18.4. The number of hydrogen-bond donors (Lipinski definition) is 2. The number of sulfone groups is 1. The normalized spacial score (nSPS) is 20.2. The third-order valence-electron chi connectivity index (χ3n) is 5.71. The average Bonchev–Trinajstić information content (AvgIpc) is 3.41. The Hall–Kier alpha value is -3.93. The molecule has 0 aliphatic carbocycles. The molecule has 5 rings (SSSR count). The second-order valence-electron chi connectivity index (χ2n) is 7.91. The number of nitrogens with one attached hydrogen (secondary N) is 2. The maximum absolute atomic E-state index is 13.1. The van der Waals surface area contributed by atoms with Gasteiger partial charge < -0.3 is 19.4 Å². The lowest BCUT2D eigenvalue weighted by molar-refractivity contribution is -0.125. The molecular formula is C21H18N4O7S. The molecule has 0 bridgehead atoms. The molecule has 1 atom stereocenters. The number of pyridine rings is 1. The molecule has 1 aromatic carbocycles. The van der Waals surface area contributed by atoms with E-state index in [4.69, 9.17) is 9.15 Å². The van der Waals surface area contributed by atoms with Crippen molar-refractivity contribution in [3.05, 3.63) is 53.3 Å². The molecule has 0 saturated carbocycles. The highest BCUT2D eigenvalue weighted by molar-refractivity contribution is 7.90. The number of furan rings is 1. The summed E-state index contributed by atoms with van der Waals surface area (Å²) in [7, 11) is -2.07. The lowest BCUT2D eigenvalue weighted by atomic mass is 9.95. The van der Waals surface area contributed by atoms with Crippen LogP contribution in [0.15, 0.2) is 45.8 Å². The van der Waals surface area contributed by atoms with E-state index in [-0.39, 0.29) is 40.9 Å². The topological polar surface area (TPSA) is 148 Å². The number of methoxy groups -OCH3 is 1. The minimum atomic E-state index is -3.57. The number of aromatic nitrogens is 1. The molecule has 4 amide bonds. The van der Waals surface area contributed by atoms with Crippen LogP contribution in [0.2, 0.25) is 0 Å². The zero-order valence-electron chi connectivity index (χ0n) is 17.5. The van der Waals surface area contributed by atoms with E-state index in [2.05, 4.69) is 15.6 Å². The maximum atomic E-state index is 13.1. The average molecular weight is 470 g/mol. The highest BCUT2D eigenvalue weighted by Gasteiger charge is 2.53. The summed E-state index contributed by atoms with van der Waals surface area (Å²) < 4.78 is 34.7. The number of hydrogen-bond acceptors (Lipinski definition) is 8. The number of benzene rings is 1. The summed E-state index contributed by atoms with van der Waals surface area (Å²) in [4.78, 5) is 43.6. The molecule has 1 saturated heterocycles. The summed E-state index contributed by atoms with van der Waals surface area (Å²) in [6, 6.07) is 8.49. The molecule has 2 aliphatic heterocycles. The lowest BCUT2D eigenvalue weighted by Crippen LogP contribution is -2.52. The number of rotatable bonds is 5. The molecule has 2 aromatic heterocycles. The van der Waals surface area contributed by atoms with Crippen molar-refractivity contribution < 1.29 is 32.0 Å².